The fourth-order valence-corrected chi connectivity index (χ4v) is 1.62. The molecule has 86 valence electrons. The van der Waals surface area contributed by atoms with Gasteiger partial charge in [-0.15, -0.1) is 0 Å². The molecule has 16 heavy (non-hydrogen) atoms. The Labute approximate surface area is 92.8 Å². The summed E-state index contributed by atoms with van der Waals surface area (Å²) in [6.45, 7) is 1.88. The van der Waals surface area contributed by atoms with Crippen LogP contribution < -0.4 is 9.55 Å². The molecule has 2 N–H and O–H groups in total. The molecule has 1 aromatic heterocycles. The molecule has 0 aliphatic carbocycles. The SMILES string of the molecule is OOB(O)Oc1cncc(N2CCCC2)n1. The maximum atomic E-state index is 8.89. The molecule has 0 bridgehead atoms. The lowest BCUT2D eigenvalue weighted by Crippen LogP contribution is -2.26. The summed E-state index contributed by atoms with van der Waals surface area (Å²) in [7, 11) is -1.75. The van der Waals surface area contributed by atoms with Crippen molar-refractivity contribution in [3.05, 3.63) is 12.4 Å². The van der Waals surface area contributed by atoms with Gasteiger partial charge in [-0.1, -0.05) is 0 Å². The van der Waals surface area contributed by atoms with Crippen LogP contribution in [0.1, 0.15) is 12.8 Å². The van der Waals surface area contributed by atoms with Crippen LogP contribution in [0.4, 0.5) is 5.82 Å². The van der Waals surface area contributed by atoms with Gasteiger partial charge in [-0.3, -0.25) is 10.2 Å². The van der Waals surface area contributed by atoms with Gasteiger partial charge < -0.3 is 14.6 Å². The maximum absolute atomic E-state index is 8.89. The minimum atomic E-state index is -1.75. The smallest absolute Gasteiger partial charge is 0.495 e. The summed E-state index contributed by atoms with van der Waals surface area (Å²) in [4.78, 5) is 13.7. The zero-order valence-electron chi connectivity index (χ0n) is 8.61. The Morgan fingerprint density at radius 3 is 2.75 bits per heavy atom. The van der Waals surface area contributed by atoms with Gasteiger partial charge in [0.15, 0.2) is 5.82 Å². The summed E-state index contributed by atoms with van der Waals surface area (Å²) in [6.07, 6.45) is 5.23. The second-order valence-corrected chi connectivity index (χ2v) is 3.44. The molecular weight excluding hydrogens is 213 g/mol. The Bertz CT molecular complexity index is 348. The summed E-state index contributed by atoms with van der Waals surface area (Å²) in [6, 6.07) is 0. The van der Waals surface area contributed by atoms with E-state index in [1.165, 1.54) is 6.20 Å². The molecule has 0 spiro atoms. The van der Waals surface area contributed by atoms with Crippen LogP contribution in [-0.2, 0) is 4.81 Å². The molecule has 1 aromatic rings. The van der Waals surface area contributed by atoms with Crippen molar-refractivity contribution in [2.24, 2.45) is 0 Å². The third-order valence-electron chi connectivity index (χ3n) is 2.34. The number of rotatable bonds is 4. The van der Waals surface area contributed by atoms with E-state index in [2.05, 4.69) is 19.7 Å². The highest BCUT2D eigenvalue weighted by Gasteiger charge is 2.20. The zero-order valence-corrected chi connectivity index (χ0v) is 8.61. The molecule has 1 aliphatic rings. The highest BCUT2D eigenvalue weighted by atomic mass is 17.1. The van der Waals surface area contributed by atoms with Gasteiger partial charge in [-0.2, -0.15) is 4.98 Å². The number of anilines is 1. The van der Waals surface area contributed by atoms with Crippen LogP contribution in [-0.4, -0.2) is 40.7 Å². The van der Waals surface area contributed by atoms with E-state index in [4.69, 9.17) is 14.9 Å². The van der Waals surface area contributed by atoms with Crippen molar-refractivity contribution in [1.82, 2.24) is 9.97 Å². The fourth-order valence-electron chi connectivity index (χ4n) is 1.62. The molecule has 0 atom stereocenters. The van der Waals surface area contributed by atoms with Crippen molar-refractivity contribution in [3.8, 4) is 5.88 Å². The Morgan fingerprint density at radius 2 is 2.06 bits per heavy atom. The second-order valence-electron chi connectivity index (χ2n) is 3.44. The van der Waals surface area contributed by atoms with Gasteiger partial charge in [0.1, 0.15) is 0 Å². The van der Waals surface area contributed by atoms with Crippen molar-refractivity contribution < 1.29 is 19.7 Å². The van der Waals surface area contributed by atoms with Crippen LogP contribution in [0.3, 0.4) is 0 Å². The van der Waals surface area contributed by atoms with E-state index in [1.54, 1.807) is 6.20 Å². The first-order valence-electron chi connectivity index (χ1n) is 5.01. The van der Waals surface area contributed by atoms with Crippen LogP contribution in [0, 0.1) is 0 Å². The lowest BCUT2D eigenvalue weighted by molar-refractivity contribution is -0.171. The van der Waals surface area contributed by atoms with E-state index >= 15 is 0 Å². The van der Waals surface area contributed by atoms with E-state index in [-0.39, 0.29) is 5.88 Å². The molecule has 7 nitrogen and oxygen atoms in total. The first-order valence-corrected chi connectivity index (χ1v) is 5.01. The van der Waals surface area contributed by atoms with Crippen molar-refractivity contribution in [2.45, 2.75) is 12.8 Å². The first kappa shape index (κ1) is 11.1. The third-order valence-corrected chi connectivity index (χ3v) is 2.34. The van der Waals surface area contributed by atoms with Gasteiger partial charge in [0, 0.05) is 13.1 Å². The number of hydrogen-bond donors (Lipinski definition) is 2. The molecule has 1 aliphatic heterocycles. The minimum Gasteiger partial charge on any atom is -0.495 e. The normalized spacial score (nSPS) is 15.2. The molecule has 0 saturated carbocycles. The predicted molar refractivity (Wildman–Crippen MR) is 55.8 cm³/mol. The topological polar surface area (TPSA) is 87.9 Å². The Kier molecular flexibility index (Phi) is 3.55. The minimum absolute atomic E-state index is 0.103. The molecule has 0 unspecified atom stereocenters. The summed E-state index contributed by atoms with van der Waals surface area (Å²) >= 11 is 0. The van der Waals surface area contributed by atoms with Gasteiger partial charge in [0.25, 0.3) is 0 Å². The molecule has 1 saturated heterocycles. The molecule has 2 heterocycles. The molecule has 2 rings (SSSR count). The number of nitrogens with zero attached hydrogens (tertiary/aromatic N) is 3. The van der Waals surface area contributed by atoms with Gasteiger partial charge in [-0.05, 0) is 12.8 Å². The summed E-state index contributed by atoms with van der Waals surface area (Å²) in [5.41, 5.74) is 0. The van der Waals surface area contributed by atoms with Crippen molar-refractivity contribution in [1.29, 1.82) is 0 Å². The number of aromatic nitrogens is 2. The highest BCUT2D eigenvalue weighted by Crippen LogP contribution is 2.18. The van der Waals surface area contributed by atoms with E-state index in [9.17, 15) is 0 Å². The molecule has 0 amide bonds. The average Bonchev–Trinajstić information content (AvgIpc) is 2.83. The van der Waals surface area contributed by atoms with Crippen LogP contribution in [0.2, 0.25) is 0 Å². The molecule has 0 aromatic carbocycles. The molecule has 1 fully saturated rings. The van der Waals surface area contributed by atoms with Crippen LogP contribution in [0.15, 0.2) is 12.4 Å². The highest BCUT2D eigenvalue weighted by molar-refractivity contribution is 6.35. The van der Waals surface area contributed by atoms with Gasteiger partial charge in [0.2, 0.25) is 5.88 Å². The summed E-state index contributed by atoms with van der Waals surface area (Å²) < 4.78 is 4.75. The Morgan fingerprint density at radius 1 is 1.31 bits per heavy atom. The second kappa shape index (κ2) is 5.11. The van der Waals surface area contributed by atoms with Crippen molar-refractivity contribution in [3.63, 3.8) is 0 Å². The summed E-state index contributed by atoms with van der Waals surface area (Å²) in [5.74, 6) is 0.797. The summed E-state index contributed by atoms with van der Waals surface area (Å²) in [5, 5.41) is 17.0. The van der Waals surface area contributed by atoms with Crippen LogP contribution in [0.25, 0.3) is 0 Å². The standard InChI is InChI=1S/C8H12BN3O4/c13-9(16-14)15-8-6-10-5-7(11-8)12-3-1-2-4-12/h5-6,13-14H,1-4H2. The van der Waals surface area contributed by atoms with E-state index in [0.717, 1.165) is 25.9 Å². The number of hydrogen-bond acceptors (Lipinski definition) is 7. The Hall–Kier alpha value is -1.38. The van der Waals surface area contributed by atoms with Crippen LogP contribution in [0.5, 0.6) is 5.88 Å². The third kappa shape index (κ3) is 2.60. The van der Waals surface area contributed by atoms with Crippen molar-refractivity contribution >= 4 is 13.1 Å². The van der Waals surface area contributed by atoms with E-state index in [1.807, 2.05) is 0 Å². The van der Waals surface area contributed by atoms with Gasteiger partial charge >= 0.3 is 7.32 Å². The molecular formula is C8H12BN3O4. The van der Waals surface area contributed by atoms with E-state index < -0.39 is 7.32 Å². The molecule has 0 radical (unpaired) electrons. The first-order chi connectivity index (χ1) is 7.79. The largest absolute Gasteiger partial charge is 0.739 e. The maximum Gasteiger partial charge on any atom is 0.739 e. The average molecular weight is 225 g/mol. The quantitative estimate of drug-likeness (QED) is 0.421. The van der Waals surface area contributed by atoms with E-state index in [0.29, 0.717) is 5.82 Å². The Balaban J connectivity index is 2.06. The zero-order chi connectivity index (χ0) is 11.4. The van der Waals surface area contributed by atoms with Gasteiger partial charge in [0.05, 0.1) is 12.4 Å². The lowest BCUT2D eigenvalue weighted by atomic mass is 10.3. The van der Waals surface area contributed by atoms with Crippen molar-refractivity contribution in [2.75, 3.05) is 18.0 Å². The van der Waals surface area contributed by atoms with Gasteiger partial charge in [-0.25, -0.2) is 4.81 Å². The monoisotopic (exact) mass is 225 g/mol. The predicted octanol–water partition coefficient (Wildman–Crippen LogP) is -0.0776. The fraction of sp³-hybridized carbons (Fsp3) is 0.500. The molecule has 8 heteroatoms. The van der Waals surface area contributed by atoms with Crippen LogP contribution >= 0.6 is 0 Å². The lowest BCUT2D eigenvalue weighted by Gasteiger charge is -2.16.